The van der Waals surface area contributed by atoms with E-state index in [9.17, 15) is 4.79 Å². The predicted molar refractivity (Wildman–Crippen MR) is 96.4 cm³/mol. The first-order valence-corrected chi connectivity index (χ1v) is 9.42. The number of aromatic nitrogens is 2. The molecule has 0 aromatic carbocycles. The van der Waals surface area contributed by atoms with Gasteiger partial charge in [0, 0.05) is 37.5 Å². The molecule has 25 heavy (non-hydrogen) atoms. The highest BCUT2D eigenvalue weighted by Crippen LogP contribution is 2.26. The molecule has 1 saturated carbocycles. The maximum absolute atomic E-state index is 12.9. The zero-order chi connectivity index (χ0) is 17.1. The Kier molecular flexibility index (Phi) is 4.92. The van der Waals surface area contributed by atoms with Gasteiger partial charge in [-0.15, -0.1) is 0 Å². The molecule has 0 N–H and O–H groups in total. The topological polar surface area (TPSA) is 55.3 Å². The quantitative estimate of drug-likeness (QED) is 0.856. The zero-order valence-corrected chi connectivity index (χ0v) is 14.6. The molecule has 1 amide bonds. The number of rotatable bonds is 4. The van der Waals surface area contributed by atoms with Crippen LogP contribution in [0.5, 0.6) is 0 Å². The normalized spacial score (nSPS) is 19.6. The van der Waals surface area contributed by atoms with E-state index < -0.39 is 0 Å². The fourth-order valence-corrected chi connectivity index (χ4v) is 3.98. The summed E-state index contributed by atoms with van der Waals surface area (Å²) in [5.41, 5.74) is 1.15. The number of ether oxygens (including phenoxy) is 1. The van der Waals surface area contributed by atoms with Crippen LogP contribution in [0.25, 0.3) is 10.9 Å². The van der Waals surface area contributed by atoms with E-state index in [2.05, 4.69) is 9.97 Å². The van der Waals surface area contributed by atoms with Crippen molar-refractivity contribution in [2.75, 3.05) is 19.7 Å². The smallest absolute Gasteiger partial charge is 0.274 e. The van der Waals surface area contributed by atoms with Crippen LogP contribution >= 0.6 is 0 Å². The Balaban J connectivity index is 1.36. The molecule has 5 heteroatoms. The third kappa shape index (κ3) is 3.66. The van der Waals surface area contributed by atoms with Crippen molar-refractivity contribution in [3.8, 4) is 0 Å². The lowest BCUT2D eigenvalue weighted by atomic mass is 10.1. The van der Waals surface area contributed by atoms with Crippen molar-refractivity contribution in [2.45, 2.75) is 44.6 Å². The van der Waals surface area contributed by atoms with Crippen LogP contribution in [0.15, 0.2) is 30.6 Å². The number of hydrogen-bond donors (Lipinski definition) is 0. The van der Waals surface area contributed by atoms with Gasteiger partial charge in [-0.25, -0.2) is 4.98 Å². The summed E-state index contributed by atoms with van der Waals surface area (Å²) in [5, 5.41) is 0.954. The van der Waals surface area contributed by atoms with Crippen LogP contribution in [-0.2, 0) is 4.74 Å². The van der Waals surface area contributed by atoms with Gasteiger partial charge in [-0.2, -0.15) is 0 Å². The first kappa shape index (κ1) is 16.5. The van der Waals surface area contributed by atoms with Crippen LogP contribution in [-0.4, -0.2) is 46.6 Å². The molecule has 5 nitrogen and oxygen atoms in total. The van der Waals surface area contributed by atoms with Crippen molar-refractivity contribution < 1.29 is 9.53 Å². The third-order valence-corrected chi connectivity index (χ3v) is 5.50. The number of nitrogens with zero attached hydrogens (tertiary/aromatic N) is 3. The minimum Gasteiger partial charge on any atom is -0.378 e. The lowest BCUT2D eigenvalue weighted by Gasteiger charge is -2.32. The summed E-state index contributed by atoms with van der Waals surface area (Å²) < 4.78 is 6.10. The van der Waals surface area contributed by atoms with Crippen molar-refractivity contribution in [1.82, 2.24) is 14.9 Å². The molecule has 1 saturated heterocycles. The van der Waals surface area contributed by atoms with E-state index >= 15 is 0 Å². The molecule has 0 unspecified atom stereocenters. The average Bonchev–Trinajstić information content (AvgIpc) is 3.19. The van der Waals surface area contributed by atoms with Gasteiger partial charge in [-0.05, 0) is 43.7 Å². The minimum atomic E-state index is -0.0152. The molecule has 132 valence electrons. The Bertz CT molecular complexity index is 729. The summed E-state index contributed by atoms with van der Waals surface area (Å²) in [5.74, 6) is 0.740. The SMILES string of the molecule is O=C(c1nccc2cccnc12)N1CCC(OCC2CCCC2)CC1. The summed E-state index contributed by atoms with van der Waals surface area (Å²) in [6.07, 6.45) is 10.9. The van der Waals surface area contributed by atoms with Crippen LogP contribution in [0.1, 0.15) is 49.0 Å². The van der Waals surface area contributed by atoms with Crippen molar-refractivity contribution in [3.63, 3.8) is 0 Å². The maximum atomic E-state index is 12.9. The summed E-state index contributed by atoms with van der Waals surface area (Å²) in [6, 6.07) is 5.73. The van der Waals surface area contributed by atoms with Gasteiger partial charge in [0.25, 0.3) is 5.91 Å². The molecule has 0 bridgehead atoms. The number of amides is 1. The van der Waals surface area contributed by atoms with Crippen LogP contribution < -0.4 is 0 Å². The largest absolute Gasteiger partial charge is 0.378 e. The van der Waals surface area contributed by atoms with Crippen molar-refractivity contribution in [1.29, 1.82) is 0 Å². The van der Waals surface area contributed by atoms with E-state index in [0.29, 0.717) is 17.3 Å². The standard InChI is InChI=1S/C20H25N3O2/c24-20(19-18-16(7-11-22-19)6-3-10-21-18)23-12-8-17(9-13-23)25-14-15-4-1-2-5-15/h3,6-7,10-11,15,17H,1-2,4-5,8-9,12-14H2. The van der Waals surface area contributed by atoms with Crippen LogP contribution in [0.2, 0.25) is 0 Å². The van der Waals surface area contributed by atoms with Gasteiger partial charge in [0.15, 0.2) is 5.69 Å². The van der Waals surface area contributed by atoms with Gasteiger partial charge in [0.1, 0.15) is 5.52 Å². The van der Waals surface area contributed by atoms with Crippen molar-refractivity contribution >= 4 is 16.8 Å². The van der Waals surface area contributed by atoms with Crippen molar-refractivity contribution in [2.24, 2.45) is 5.92 Å². The first-order chi connectivity index (χ1) is 12.3. The highest BCUT2D eigenvalue weighted by atomic mass is 16.5. The molecule has 1 aliphatic heterocycles. The minimum absolute atomic E-state index is 0.0152. The number of carbonyl (C=O) groups excluding carboxylic acids is 1. The number of likely N-dealkylation sites (tertiary alicyclic amines) is 1. The predicted octanol–water partition coefficient (Wildman–Crippen LogP) is 3.44. The highest BCUT2D eigenvalue weighted by molar-refractivity contribution is 6.03. The second-order valence-electron chi connectivity index (χ2n) is 7.21. The van der Waals surface area contributed by atoms with Crippen molar-refractivity contribution in [3.05, 3.63) is 36.3 Å². The number of pyridine rings is 2. The lowest BCUT2D eigenvalue weighted by Crippen LogP contribution is -2.41. The monoisotopic (exact) mass is 339 g/mol. The average molecular weight is 339 g/mol. The van der Waals surface area contributed by atoms with E-state index in [1.165, 1.54) is 25.7 Å². The van der Waals surface area contributed by atoms with E-state index in [4.69, 9.17) is 4.74 Å². The molecular weight excluding hydrogens is 314 g/mol. The first-order valence-electron chi connectivity index (χ1n) is 9.42. The van der Waals surface area contributed by atoms with E-state index in [-0.39, 0.29) is 5.91 Å². The molecule has 2 aliphatic rings. The number of piperidine rings is 1. The van der Waals surface area contributed by atoms with E-state index in [0.717, 1.165) is 43.8 Å². The van der Waals surface area contributed by atoms with Crippen LogP contribution in [0, 0.1) is 5.92 Å². The molecule has 4 rings (SSSR count). The Hall–Kier alpha value is -2.01. The van der Waals surface area contributed by atoms with Gasteiger partial charge in [0.05, 0.1) is 6.10 Å². The molecular formula is C20H25N3O2. The Morgan fingerprint density at radius 1 is 1.08 bits per heavy atom. The summed E-state index contributed by atoms with van der Waals surface area (Å²) >= 11 is 0. The molecule has 2 aromatic heterocycles. The maximum Gasteiger partial charge on any atom is 0.274 e. The summed E-state index contributed by atoms with van der Waals surface area (Å²) in [7, 11) is 0. The fraction of sp³-hybridized carbons (Fsp3) is 0.550. The molecule has 2 fully saturated rings. The van der Waals surface area contributed by atoms with Gasteiger partial charge >= 0.3 is 0 Å². The van der Waals surface area contributed by atoms with Gasteiger partial charge in [0.2, 0.25) is 0 Å². The number of fused-ring (bicyclic) bond motifs is 1. The number of hydrogen-bond acceptors (Lipinski definition) is 4. The molecule has 1 aliphatic carbocycles. The second-order valence-corrected chi connectivity index (χ2v) is 7.21. The second kappa shape index (κ2) is 7.48. The molecule has 3 heterocycles. The van der Waals surface area contributed by atoms with E-state index in [1.807, 2.05) is 23.1 Å². The summed E-state index contributed by atoms with van der Waals surface area (Å²) in [4.78, 5) is 23.4. The molecule has 0 spiro atoms. The lowest BCUT2D eigenvalue weighted by molar-refractivity contribution is -0.00600. The molecule has 0 radical (unpaired) electrons. The highest BCUT2D eigenvalue weighted by Gasteiger charge is 2.27. The zero-order valence-electron chi connectivity index (χ0n) is 14.6. The fourth-order valence-electron chi connectivity index (χ4n) is 3.98. The Labute approximate surface area is 148 Å². The van der Waals surface area contributed by atoms with Gasteiger partial charge in [-0.1, -0.05) is 18.9 Å². The summed E-state index contributed by atoms with van der Waals surface area (Å²) in [6.45, 7) is 2.37. The van der Waals surface area contributed by atoms with Crippen LogP contribution in [0.4, 0.5) is 0 Å². The Morgan fingerprint density at radius 2 is 1.88 bits per heavy atom. The Morgan fingerprint density at radius 3 is 2.68 bits per heavy atom. The van der Waals surface area contributed by atoms with Crippen LogP contribution in [0.3, 0.4) is 0 Å². The van der Waals surface area contributed by atoms with E-state index in [1.54, 1.807) is 12.4 Å². The third-order valence-electron chi connectivity index (χ3n) is 5.50. The van der Waals surface area contributed by atoms with Gasteiger partial charge < -0.3 is 9.64 Å². The molecule has 2 aromatic rings. The molecule has 0 atom stereocenters. The number of carbonyl (C=O) groups is 1. The van der Waals surface area contributed by atoms with Gasteiger partial charge in [-0.3, -0.25) is 9.78 Å².